The van der Waals surface area contributed by atoms with Crippen LogP contribution in [-0.2, 0) is 32.7 Å². The SMILES string of the molecule is CCC=CCC=CCC(=O)OC[C@H](COP(=O)(O)OCC[N+](C)(C)C)OC(=O)CC=CCC=CCC. The molecule has 0 amide bonds. The first-order valence-electron chi connectivity index (χ1n) is 12.4. The Morgan fingerprint density at radius 3 is 1.86 bits per heavy atom. The summed E-state index contributed by atoms with van der Waals surface area (Å²) in [5.74, 6) is -1.09. The fraction of sp³-hybridized carbons (Fsp3) is 0.615. The van der Waals surface area contributed by atoms with Crippen molar-refractivity contribution in [1.82, 2.24) is 0 Å². The molecule has 0 heterocycles. The number of rotatable bonds is 20. The molecule has 0 aromatic carbocycles. The molecule has 1 N–H and O–H groups in total. The Labute approximate surface area is 216 Å². The average molecular weight is 531 g/mol. The zero-order chi connectivity index (χ0) is 27.3. The highest BCUT2D eigenvalue weighted by atomic mass is 31.2. The highest BCUT2D eigenvalue weighted by Crippen LogP contribution is 2.43. The first-order chi connectivity index (χ1) is 17.0. The van der Waals surface area contributed by atoms with Crippen molar-refractivity contribution in [2.45, 2.75) is 58.5 Å². The van der Waals surface area contributed by atoms with Crippen LogP contribution in [0.2, 0.25) is 0 Å². The van der Waals surface area contributed by atoms with Gasteiger partial charge in [0.15, 0.2) is 6.10 Å². The van der Waals surface area contributed by atoms with Gasteiger partial charge < -0.3 is 18.9 Å². The molecule has 1 unspecified atom stereocenters. The van der Waals surface area contributed by atoms with E-state index in [1.807, 2.05) is 71.4 Å². The van der Waals surface area contributed by atoms with Gasteiger partial charge in [-0.05, 0) is 25.7 Å². The number of nitrogens with zero attached hydrogens (tertiary/aromatic N) is 1. The number of hydrogen-bond acceptors (Lipinski definition) is 7. The maximum atomic E-state index is 12.2. The molecule has 0 fully saturated rings. The topological polar surface area (TPSA) is 108 Å². The lowest BCUT2D eigenvalue weighted by Gasteiger charge is -2.24. The van der Waals surface area contributed by atoms with Crippen molar-refractivity contribution in [2.75, 3.05) is 47.5 Å². The van der Waals surface area contributed by atoms with E-state index in [0.29, 0.717) is 17.4 Å². The number of carbonyl (C=O) groups is 2. The number of hydrogen-bond donors (Lipinski definition) is 1. The van der Waals surface area contributed by atoms with E-state index >= 15 is 0 Å². The molecule has 10 heteroatoms. The van der Waals surface area contributed by atoms with Gasteiger partial charge in [0, 0.05) is 0 Å². The summed E-state index contributed by atoms with van der Waals surface area (Å²) in [5, 5.41) is 0. The smallest absolute Gasteiger partial charge is 0.461 e. The normalized spacial score (nSPS) is 15.2. The third-order valence-electron chi connectivity index (χ3n) is 4.42. The maximum absolute atomic E-state index is 12.2. The minimum Gasteiger partial charge on any atom is -0.461 e. The highest BCUT2D eigenvalue weighted by Gasteiger charge is 2.26. The van der Waals surface area contributed by atoms with Crippen molar-refractivity contribution in [3.05, 3.63) is 48.6 Å². The molecule has 0 aliphatic heterocycles. The van der Waals surface area contributed by atoms with Gasteiger partial charge in [-0.25, -0.2) is 4.57 Å². The van der Waals surface area contributed by atoms with Crippen molar-refractivity contribution in [1.29, 1.82) is 0 Å². The van der Waals surface area contributed by atoms with Gasteiger partial charge in [-0.1, -0.05) is 62.5 Å². The summed E-state index contributed by atoms with van der Waals surface area (Å²) in [5.41, 5.74) is 0. The second-order valence-corrected chi connectivity index (χ2v) is 10.4. The van der Waals surface area contributed by atoms with E-state index < -0.39 is 32.5 Å². The largest absolute Gasteiger partial charge is 0.472 e. The molecule has 0 spiro atoms. The maximum Gasteiger partial charge on any atom is 0.472 e. The van der Waals surface area contributed by atoms with Gasteiger partial charge in [0.05, 0.1) is 40.6 Å². The van der Waals surface area contributed by atoms with Crippen LogP contribution in [0.1, 0.15) is 52.4 Å². The van der Waals surface area contributed by atoms with Crippen LogP contribution in [0.3, 0.4) is 0 Å². The molecule has 0 aliphatic carbocycles. The number of allylic oxidation sites excluding steroid dienone is 6. The summed E-state index contributed by atoms with van der Waals surface area (Å²) in [6, 6.07) is 0. The van der Waals surface area contributed by atoms with Crippen molar-refractivity contribution in [3.63, 3.8) is 0 Å². The van der Waals surface area contributed by atoms with Gasteiger partial charge >= 0.3 is 19.8 Å². The molecule has 0 bridgehead atoms. The molecule has 36 heavy (non-hydrogen) atoms. The van der Waals surface area contributed by atoms with Crippen LogP contribution < -0.4 is 0 Å². The molecule has 0 rings (SSSR count). The van der Waals surface area contributed by atoms with Crippen molar-refractivity contribution in [3.8, 4) is 0 Å². The molecule has 0 saturated carbocycles. The van der Waals surface area contributed by atoms with Crippen molar-refractivity contribution < 1.29 is 42.1 Å². The third kappa shape index (κ3) is 22.4. The van der Waals surface area contributed by atoms with Crippen molar-refractivity contribution >= 4 is 19.8 Å². The van der Waals surface area contributed by atoms with E-state index in [1.165, 1.54) is 0 Å². The number of likely N-dealkylation sites (N-methyl/N-ethyl adjacent to an activating group) is 1. The number of quaternary nitrogens is 1. The van der Waals surface area contributed by atoms with Gasteiger partial charge in [0.2, 0.25) is 0 Å². The third-order valence-corrected chi connectivity index (χ3v) is 5.40. The Bertz CT molecular complexity index is 783. The summed E-state index contributed by atoms with van der Waals surface area (Å²) in [7, 11) is 1.38. The highest BCUT2D eigenvalue weighted by molar-refractivity contribution is 7.47. The van der Waals surface area contributed by atoms with E-state index in [4.69, 9.17) is 18.5 Å². The van der Waals surface area contributed by atoms with Gasteiger partial charge in [-0.3, -0.25) is 18.6 Å². The van der Waals surface area contributed by atoms with Crippen LogP contribution in [0.4, 0.5) is 0 Å². The van der Waals surface area contributed by atoms with Crippen LogP contribution in [0.15, 0.2) is 48.6 Å². The molecule has 206 valence electrons. The minimum atomic E-state index is -4.37. The summed E-state index contributed by atoms with van der Waals surface area (Å²) >= 11 is 0. The van der Waals surface area contributed by atoms with Crippen molar-refractivity contribution in [2.24, 2.45) is 0 Å². The Morgan fingerprint density at radius 1 is 0.806 bits per heavy atom. The van der Waals surface area contributed by atoms with E-state index in [1.54, 1.807) is 12.2 Å². The lowest BCUT2D eigenvalue weighted by Crippen LogP contribution is -2.37. The molecule has 0 aromatic rings. The number of ether oxygens (including phenoxy) is 2. The predicted molar refractivity (Wildman–Crippen MR) is 141 cm³/mol. The summed E-state index contributed by atoms with van der Waals surface area (Å²) in [6.07, 6.45) is 17.4. The lowest BCUT2D eigenvalue weighted by atomic mass is 10.3. The number of phosphoric acid groups is 1. The van der Waals surface area contributed by atoms with E-state index in [9.17, 15) is 19.0 Å². The van der Waals surface area contributed by atoms with Gasteiger partial charge in [0.1, 0.15) is 19.8 Å². The van der Waals surface area contributed by atoms with E-state index in [0.717, 1.165) is 19.3 Å². The Kier molecular flexibility index (Phi) is 18.9. The van der Waals surface area contributed by atoms with Gasteiger partial charge in [-0.15, -0.1) is 0 Å². The zero-order valence-electron chi connectivity index (χ0n) is 22.5. The van der Waals surface area contributed by atoms with Crippen LogP contribution in [0.25, 0.3) is 0 Å². The van der Waals surface area contributed by atoms with Crippen LogP contribution in [-0.4, -0.2) is 74.9 Å². The fourth-order valence-corrected chi connectivity index (χ4v) is 3.22. The molecule has 0 aromatic heterocycles. The summed E-state index contributed by atoms with van der Waals surface area (Å²) in [6.45, 7) is 3.81. The Balaban J connectivity index is 4.84. The number of phosphoric ester groups is 1. The summed E-state index contributed by atoms with van der Waals surface area (Å²) in [4.78, 5) is 34.2. The molecule has 9 nitrogen and oxygen atoms in total. The van der Waals surface area contributed by atoms with Gasteiger partial charge in [0.25, 0.3) is 0 Å². The molecule has 0 radical (unpaired) electrons. The molecule has 2 atom stereocenters. The first kappa shape index (κ1) is 34.0. The molecule has 0 aliphatic rings. The average Bonchev–Trinajstić information content (AvgIpc) is 2.79. The second kappa shape index (κ2) is 20.1. The fourth-order valence-electron chi connectivity index (χ4n) is 2.47. The van der Waals surface area contributed by atoms with Crippen LogP contribution in [0, 0.1) is 0 Å². The zero-order valence-corrected chi connectivity index (χ0v) is 23.4. The number of carbonyl (C=O) groups excluding carboxylic acids is 2. The Morgan fingerprint density at radius 2 is 1.33 bits per heavy atom. The Hall–Kier alpha value is -2.03. The van der Waals surface area contributed by atoms with E-state index in [-0.39, 0.29) is 26.1 Å². The monoisotopic (exact) mass is 530 g/mol. The first-order valence-corrected chi connectivity index (χ1v) is 13.9. The molecular weight excluding hydrogens is 485 g/mol. The quantitative estimate of drug-likeness (QED) is 0.103. The minimum absolute atomic E-state index is 0.00771. The summed E-state index contributed by atoms with van der Waals surface area (Å²) < 4.78 is 33.2. The predicted octanol–water partition coefficient (Wildman–Crippen LogP) is 4.89. The van der Waals surface area contributed by atoms with E-state index in [2.05, 4.69) is 0 Å². The number of esters is 2. The van der Waals surface area contributed by atoms with Crippen LogP contribution >= 0.6 is 7.82 Å². The standard InChI is InChI=1S/C26H44NO8P/c1-6-8-10-12-14-16-18-25(28)32-22-24(35-26(29)19-17-15-13-11-9-7-2)23-34-36(30,31)33-21-20-27(3,4)5/h8-11,14-17,24H,6-7,12-13,18-23H2,1-5H3/p+1/t24-/m1/s1. The van der Waals surface area contributed by atoms with Gasteiger partial charge in [-0.2, -0.15) is 0 Å². The molecular formula is C26H45NO8P+. The second-order valence-electron chi connectivity index (χ2n) is 8.99. The van der Waals surface area contributed by atoms with Crippen LogP contribution in [0.5, 0.6) is 0 Å². The molecule has 0 saturated heterocycles. The lowest BCUT2D eigenvalue weighted by molar-refractivity contribution is -0.870.